The Labute approximate surface area is 285 Å². The fourth-order valence-corrected chi connectivity index (χ4v) is 6.21. The van der Waals surface area contributed by atoms with E-state index in [9.17, 15) is 0 Å². The minimum Gasteiger partial charge on any atom is -0.456 e. The van der Waals surface area contributed by atoms with Crippen molar-refractivity contribution in [1.82, 2.24) is 0 Å². The van der Waals surface area contributed by atoms with E-state index >= 15 is 0 Å². The van der Waals surface area contributed by atoms with Crippen LogP contribution in [0.2, 0.25) is 0 Å². The number of hydrogen-bond donors (Lipinski definition) is 2. The topological polar surface area (TPSA) is 76.2 Å². The number of aryl methyl sites for hydroxylation is 1. The number of fused-ring (bicyclic) bond motifs is 6. The summed E-state index contributed by atoms with van der Waals surface area (Å²) in [7, 11) is 0. The van der Waals surface area contributed by atoms with E-state index in [4.69, 9.17) is 20.0 Å². The summed E-state index contributed by atoms with van der Waals surface area (Å²) >= 11 is 0. The van der Waals surface area contributed by atoms with Crippen molar-refractivity contribution in [2.75, 3.05) is 0 Å². The largest absolute Gasteiger partial charge is 0.456 e. The van der Waals surface area contributed by atoms with Crippen LogP contribution in [0.3, 0.4) is 0 Å². The van der Waals surface area contributed by atoms with Crippen molar-refractivity contribution in [3.05, 3.63) is 180 Å². The van der Waals surface area contributed by atoms with Gasteiger partial charge in [0, 0.05) is 39.9 Å². The van der Waals surface area contributed by atoms with Crippen molar-refractivity contribution in [1.29, 1.82) is 5.41 Å². The van der Waals surface area contributed by atoms with Gasteiger partial charge in [-0.1, -0.05) is 133 Å². The monoisotopic (exact) mass is 636 g/mol. The lowest BCUT2D eigenvalue weighted by atomic mass is 9.98. The Hall–Kier alpha value is -6.23. The molecule has 4 nitrogen and oxygen atoms in total. The van der Waals surface area contributed by atoms with E-state index in [0.717, 1.165) is 44.2 Å². The highest BCUT2D eigenvalue weighted by Crippen LogP contribution is 2.35. The predicted octanol–water partition coefficient (Wildman–Crippen LogP) is 12.0. The first-order valence-corrected chi connectivity index (χ1v) is 16.4. The average molecular weight is 637 g/mol. The van der Waals surface area contributed by atoms with Gasteiger partial charge in [0.25, 0.3) is 0 Å². The molecule has 0 radical (unpaired) electrons. The van der Waals surface area contributed by atoms with Gasteiger partial charge in [-0.3, -0.25) is 0 Å². The number of nitrogens with one attached hydrogen (secondary N) is 1. The second-order valence-electron chi connectivity index (χ2n) is 11.9. The summed E-state index contributed by atoms with van der Waals surface area (Å²) < 4.78 is 11.7. The lowest BCUT2D eigenvalue weighted by Gasteiger charge is -2.05. The lowest BCUT2D eigenvalue weighted by Crippen LogP contribution is -1.94. The van der Waals surface area contributed by atoms with Gasteiger partial charge < -0.3 is 20.0 Å². The van der Waals surface area contributed by atoms with Crippen LogP contribution in [0.25, 0.3) is 66.1 Å². The molecule has 2 heterocycles. The number of para-hydroxylation sites is 1. The summed E-state index contributed by atoms with van der Waals surface area (Å²) in [5.74, 6) is 0. The molecular weight excluding hydrogens is 601 g/mol. The summed E-state index contributed by atoms with van der Waals surface area (Å²) in [6.45, 7) is 2.76. The molecule has 0 saturated heterocycles. The smallest absolute Gasteiger partial charge is 0.136 e. The van der Waals surface area contributed by atoms with E-state index in [1.54, 1.807) is 0 Å². The van der Waals surface area contributed by atoms with Gasteiger partial charge in [-0.2, -0.15) is 0 Å². The van der Waals surface area contributed by atoms with Crippen LogP contribution in [-0.2, 0) is 6.54 Å². The Balaban J connectivity index is 0.000000142. The fourth-order valence-electron chi connectivity index (χ4n) is 6.21. The average Bonchev–Trinajstić information content (AvgIpc) is 3.75. The molecule has 4 heteroatoms. The maximum Gasteiger partial charge on any atom is 0.136 e. The van der Waals surface area contributed by atoms with Crippen LogP contribution >= 0.6 is 0 Å². The fraction of sp³-hybridized carbons (Fsp3) is 0.0444. The van der Waals surface area contributed by atoms with Gasteiger partial charge in [-0.25, -0.2) is 0 Å². The van der Waals surface area contributed by atoms with Crippen molar-refractivity contribution < 1.29 is 8.83 Å². The van der Waals surface area contributed by atoms with Crippen LogP contribution in [0.5, 0.6) is 0 Å². The molecule has 0 amide bonds. The van der Waals surface area contributed by atoms with Gasteiger partial charge in [0.1, 0.15) is 22.3 Å². The molecule has 7 aromatic carbocycles. The molecule has 49 heavy (non-hydrogen) atoms. The van der Waals surface area contributed by atoms with Crippen LogP contribution in [0.1, 0.15) is 16.7 Å². The van der Waals surface area contributed by atoms with Gasteiger partial charge in [0.15, 0.2) is 0 Å². The molecule has 0 bridgehead atoms. The summed E-state index contributed by atoms with van der Waals surface area (Å²) in [6, 6.07) is 55.4. The minimum absolute atomic E-state index is 0.640. The SMILES string of the molecule is Cc1cccc2oc3ccccc3c12.N=Cc1cccc2oc3ccc(-c4ccc(-c5ccccc5)cc4)cc3c12.NCc1ccccc1. The second-order valence-corrected chi connectivity index (χ2v) is 11.9. The van der Waals surface area contributed by atoms with Crippen LogP contribution in [-0.4, -0.2) is 6.21 Å². The van der Waals surface area contributed by atoms with E-state index in [1.807, 2.05) is 91.0 Å². The Morgan fingerprint density at radius 2 is 1.02 bits per heavy atom. The minimum atomic E-state index is 0.640. The molecule has 9 rings (SSSR count). The zero-order valence-corrected chi connectivity index (χ0v) is 27.3. The number of nitrogens with two attached hydrogens (primary N) is 1. The molecule has 0 spiro atoms. The van der Waals surface area contributed by atoms with Crippen molar-refractivity contribution in [2.24, 2.45) is 5.73 Å². The molecule has 3 N–H and O–H groups in total. The number of furan rings is 2. The first-order valence-electron chi connectivity index (χ1n) is 16.4. The van der Waals surface area contributed by atoms with Crippen molar-refractivity contribution in [2.45, 2.75) is 13.5 Å². The van der Waals surface area contributed by atoms with Gasteiger partial charge in [-0.15, -0.1) is 0 Å². The summed E-state index contributed by atoms with van der Waals surface area (Å²) in [5.41, 5.74) is 17.0. The highest BCUT2D eigenvalue weighted by molar-refractivity contribution is 6.13. The Morgan fingerprint density at radius 1 is 0.490 bits per heavy atom. The summed E-state index contributed by atoms with van der Waals surface area (Å²) in [6.07, 6.45) is 1.39. The third-order valence-corrected chi connectivity index (χ3v) is 8.70. The Kier molecular flexibility index (Phi) is 9.13. The third-order valence-electron chi connectivity index (χ3n) is 8.70. The molecule has 238 valence electrons. The molecule has 0 fully saturated rings. The van der Waals surface area contributed by atoms with Gasteiger partial charge in [0.2, 0.25) is 0 Å². The highest BCUT2D eigenvalue weighted by atomic mass is 16.3. The number of hydrogen-bond acceptors (Lipinski definition) is 4. The molecule has 9 aromatic rings. The standard InChI is InChI=1S/C25H17NO.C13H10O.C7H9N/c26-16-21-7-4-8-24-25(21)22-15-20(13-14-23(22)27-24)19-11-9-18(10-12-19)17-5-2-1-3-6-17;1-9-5-4-8-12-13(9)10-6-2-3-7-11(10)14-12;8-6-7-4-2-1-3-5-7/h1-16,26H;2-8H,1H3;1-5H,6,8H2. The molecule has 0 aliphatic carbocycles. The maximum absolute atomic E-state index is 7.70. The molecule has 0 atom stereocenters. The van der Waals surface area contributed by atoms with Gasteiger partial charge in [-0.05, 0) is 70.6 Å². The Bertz CT molecular complexity index is 2490. The molecule has 0 aliphatic rings. The molecule has 0 unspecified atom stereocenters. The summed E-state index contributed by atoms with van der Waals surface area (Å²) in [5, 5.41) is 12.2. The molecule has 0 saturated carbocycles. The van der Waals surface area contributed by atoms with Crippen molar-refractivity contribution >= 4 is 50.1 Å². The van der Waals surface area contributed by atoms with Crippen LogP contribution in [0, 0.1) is 12.3 Å². The summed E-state index contributed by atoms with van der Waals surface area (Å²) in [4.78, 5) is 0. The highest BCUT2D eigenvalue weighted by Gasteiger charge is 2.11. The first kappa shape index (κ1) is 31.4. The van der Waals surface area contributed by atoms with E-state index in [2.05, 4.69) is 79.7 Å². The van der Waals surface area contributed by atoms with Crippen LogP contribution in [0.15, 0.2) is 173 Å². The van der Waals surface area contributed by atoms with E-state index in [-0.39, 0.29) is 0 Å². The second kappa shape index (κ2) is 14.3. The maximum atomic E-state index is 7.70. The van der Waals surface area contributed by atoms with Gasteiger partial charge >= 0.3 is 0 Å². The normalized spacial score (nSPS) is 10.8. The van der Waals surface area contributed by atoms with E-state index in [0.29, 0.717) is 6.54 Å². The zero-order valence-electron chi connectivity index (χ0n) is 27.3. The lowest BCUT2D eigenvalue weighted by molar-refractivity contribution is 0.668. The first-order chi connectivity index (χ1) is 24.1. The van der Waals surface area contributed by atoms with E-state index in [1.165, 1.54) is 44.8 Å². The molecule has 0 aliphatic heterocycles. The predicted molar refractivity (Wildman–Crippen MR) is 205 cm³/mol. The van der Waals surface area contributed by atoms with Crippen LogP contribution in [0.4, 0.5) is 0 Å². The van der Waals surface area contributed by atoms with Crippen LogP contribution < -0.4 is 5.73 Å². The molecule has 2 aromatic heterocycles. The van der Waals surface area contributed by atoms with Crippen molar-refractivity contribution in [3.63, 3.8) is 0 Å². The van der Waals surface area contributed by atoms with E-state index < -0.39 is 0 Å². The quantitative estimate of drug-likeness (QED) is 0.189. The zero-order chi connectivity index (χ0) is 33.6. The number of benzene rings is 7. The number of rotatable bonds is 4. The van der Waals surface area contributed by atoms with Crippen molar-refractivity contribution in [3.8, 4) is 22.3 Å². The molecular formula is C45H36N2O2. The van der Waals surface area contributed by atoms with Gasteiger partial charge in [0.05, 0.1) is 0 Å². The third kappa shape index (κ3) is 6.64. The Morgan fingerprint density at radius 3 is 1.69 bits per heavy atom.